The fourth-order valence-corrected chi connectivity index (χ4v) is 2.87. The van der Waals surface area contributed by atoms with Crippen LogP contribution in [0.25, 0.3) is 6.08 Å². The Kier molecular flexibility index (Phi) is 5.84. The van der Waals surface area contributed by atoms with Crippen molar-refractivity contribution < 1.29 is 18.0 Å². The van der Waals surface area contributed by atoms with Gasteiger partial charge in [-0.05, 0) is 30.7 Å². The first-order valence-electron chi connectivity index (χ1n) is 8.26. The number of nitrogens with one attached hydrogen (secondary N) is 1. The van der Waals surface area contributed by atoms with Crippen molar-refractivity contribution in [3.8, 4) is 0 Å². The van der Waals surface area contributed by atoms with E-state index in [2.05, 4.69) is 10.4 Å². The van der Waals surface area contributed by atoms with Crippen molar-refractivity contribution in [2.45, 2.75) is 13.5 Å². The summed E-state index contributed by atoms with van der Waals surface area (Å²) >= 11 is 6.35. The van der Waals surface area contributed by atoms with Crippen LogP contribution in [0.3, 0.4) is 0 Å². The molecule has 0 saturated heterocycles. The number of halogens is 4. The molecule has 144 valence electrons. The lowest BCUT2D eigenvalue weighted by atomic mass is 10.2. The standard InChI is InChI=1S/C20H15ClF3N3O/c1-12-14(20(21)27(26-12)11-13-5-3-2-4-6-13)7-10-17(28)25-16-9-8-15(22)18(23)19(16)24/h2-10H,11H2,1H3,(H,25,28)/b10-7+. The van der Waals surface area contributed by atoms with Gasteiger partial charge in [-0.25, -0.2) is 17.9 Å². The van der Waals surface area contributed by atoms with Gasteiger partial charge in [-0.15, -0.1) is 0 Å². The molecule has 0 radical (unpaired) electrons. The zero-order chi connectivity index (χ0) is 20.3. The number of amides is 1. The molecule has 0 aliphatic rings. The summed E-state index contributed by atoms with van der Waals surface area (Å²) in [5, 5.41) is 6.85. The van der Waals surface area contributed by atoms with Gasteiger partial charge in [0.25, 0.3) is 0 Å². The van der Waals surface area contributed by atoms with Gasteiger partial charge in [0.15, 0.2) is 17.5 Å². The number of carbonyl (C=O) groups excluding carboxylic acids is 1. The Morgan fingerprint density at radius 2 is 1.86 bits per heavy atom. The predicted molar refractivity (Wildman–Crippen MR) is 101 cm³/mol. The van der Waals surface area contributed by atoms with E-state index < -0.39 is 29.0 Å². The van der Waals surface area contributed by atoms with Crippen molar-refractivity contribution in [2.24, 2.45) is 0 Å². The quantitative estimate of drug-likeness (QED) is 0.481. The Hall–Kier alpha value is -3.06. The first-order chi connectivity index (χ1) is 13.4. The van der Waals surface area contributed by atoms with E-state index in [-0.39, 0.29) is 0 Å². The zero-order valence-electron chi connectivity index (χ0n) is 14.7. The maximum Gasteiger partial charge on any atom is 0.248 e. The maximum absolute atomic E-state index is 13.6. The van der Waals surface area contributed by atoms with Gasteiger partial charge in [0, 0.05) is 11.6 Å². The van der Waals surface area contributed by atoms with Crippen molar-refractivity contribution >= 4 is 29.3 Å². The number of hydrogen-bond donors (Lipinski definition) is 1. The van der Waals surface area contributed by atoms with Crippen molar-refractivity contribution in [3.05, 3.63) is 88.0 Å². The van der Waals surface area contributed by atoms with Gasteiger partial charge < -0.3 is 5.32 Å². The number of hydrogen-bond acceptors (Lipinski definition) is 2. The van der Waals surface area contributed by atoms with Crippen LogP contribution in [-0.2, 0) is 11.3 Å². The summed E-state index contributed by atoms with van der Waals surface area (Å²) in [6.45, 7) is 2.20. The van der Waals surface area contributed by atoms with Gasteiger partial charge in [0.2, 0.25) is 5.91 Å². The summed E-state index contributed by atoms with van der Waals surface area (Å²) in [5.41, 5.74) is 1.67. The summed E-state index contributed by atoms with van der Waals surface area (Å²) in [6, 6.07) is 11.3. The number of aryl methyl sites for hydroxylation is 1. The molecule has 1 heterocycles. The number of carbonyl (C=O) groups is 1. The molecule has 1 N–H and O–H groups in total. The second kappa shape index (κ2) is 8.31. The lowest BCUT2D eigenvalue weighted by molar-refractivity contribution is -0.111. The number of benzene rings is 2. The molecule has 0 atom stereocenters. The molecule has 3 aromatic rings. The van der Waals surface area contributed by atoms with Crippen LogP contribution in [-0.4, -0.2) is 15.7 Å². The minimum atomic E-state index is -1.65. The third kappa shape index (κ3) is 4.26. The molecule has 0 saturated carbocycles. The smallest absolute Gasteiger partial charge is 0.248 e. The van der Waals surface area contributed by atoms with Gasteiger partial charge in [0.1, 0.15) is 5.15 Å². The molecule has 28 heavy (non-hydrogen) atoms. The molecule has 0 unspecified atom stereocenters. The Morgan fingerprint density at radius 3 is 2.57 bits per heavy atom. The Balaban J connectivity index is 1.75. The summed E-state index contributed by atoms with van der Waals surface area (Å²) in [4.78, 5) is 12.0. The van der Waals surface area contributed by atoms with Crippen LogP contribution in [0, 0.1) is 24.4 Å². The van der Waals surface area contributed by atoms with Crippen molar-refractivity contribution in [1.29, 1.82) is 0 Å². The minimum absolute atomic E-state index is 0.337. The third-order valence-corrected chi connectivity index (χ3v) is 4.38. The van der Waals surface area contributed by atoms with E-state index in [0.717, 1.165) is 23.8 Å². The molecule has 2 aromatic carbocycles. The molecule has 1 aromatic heterocycles. The normalized spacial score (nSPS) is 11.2. The van der Waals surface area contributed by atoms with Crippen molar-refractivity contribution in [3.63, 3.8) is 0 Å². The molecule has 4 nitrogen and oxygen atoms in total. The van der Waals surface area contributed by atoms with Gasteiger partial charge in [-0.3, -0.25) is 4.79 Å². The average molecular weight is 406 g/mol. The van der Waals surface area contributed by atoms with Gasteiger partial charge in [0.05, 0.1) is 17.9 Å². The zero-order valence-corrected chi connectivity index (χ0v) is 15.5. The highest BCUT2D eigenvalue weighted by atomic mass is 35.5. The summed E-state index contributed by atoms with van der Waals surface area (Å²) in [5.74, 6) is -5.18. The second-order valence-corrected chi connectivity index (χ2v) is 6.34. The Morgan fingerprint density at radius 1 is 1.14 bits per heavy atom. The van der Waals surface area contributed by atoms with Crippen LogP contribution in [0.5, 0.6) is 0 Å². The molecule has 0 aliphatic heterocycles. The molecular formula is C20H15ClF3N3O. The maximum atomic E-state index is 13.6. The molecule has 0 fully saturated rings. The summed E-state index contributed by atoms with van der Waals surface area (Å²) in [6.07, 6.45) is 2.54. The van der Waals surface area contributed by atoms with Crippen LogP contribution in [0.15, 0.2) is 48.5 Å². The SMILES string of the molecule is Cc1nn(Cc2ccccc2)c(Cl)c1/C=C/C(=O)Nc1ccc(F)c(F)c1F. The van der Waals surface area contributed by atoms with Crippen LogP contribution < -0.4 is 5.32 Å². The van der Waals surface area contributed by atoms with E-state index in [9.17, 15) is 18.0 Å². The monoisotopic (exact) mass is 405 g/mol. The van der Waals surface area contributed by atoms with E-state index in [0.29, 0.717) is 23.0 Å². The van der Waals surface area contributed by atoms with E-state index in [4.69, 9.17) is 11.6 Å². The Labute approximate surface area is 164 Å². The lowest BCUT2D eigenvalue weighted by Gasteiger charge is -2.05. The summed E-state index contributed by atoms with van der Waals surface area (Å²) in [7, 11) is 0. The van der Waals surface area contributed by atoms with Gasteiger partial charge in [-0.2, -0.15) is 5.10 Å². The minimum Gasteiger partial charge on any atom is -0.320 e. The first-order valence-corrected chi connectivity index (χ1v) is 8.64. The predicted octanol–water partition coefficient (Wildman–Crippen LogP) is 4.96. The van der Waals surface area contributed by atoms with Gasteiger partial charge >= 0.3 is 0 Å². The molecule has 3 rings (SSSR count). The van der Waals surface area contributed by atoms with E-state index in [1.807, 2.05) is 30.3 Å². The van der Waals surface area contributed by atoms with Crippen LogP contribution >= 0.6 is 11.6 Å². The van der Waals surface area contributed by atoms with E-state index >= 15 is 0 Å². The lowest BCUT2D eigenvalue weighted by Crippen LogP contribution is -2.10. The highest BCUT2D eigenvalue weighted by Crippen LogP contribution is 2.23. The molecule has 0 bridgehead atoms. The van der Waals surface area contributed by atoms with Crippen LogP contribution in [0.1, 0.15) is 16.8 Å². The number of anilines is 1. The number of nitrogens with zero attached hydrogens (tertiary/aromatic N) is 2. The van der Waals surface area contributed by atoms with Crippen molar-refractivity contribution in [1.82, 2.24) is 9.78 Å². The molecule has 0 aliphatic carbocycles. The van der Waals surface area contributed by atoms with Crippen LogP contribution in [0.2, 0.25) is 5.15 Å². The average Bonchev–Trinajstić information content (AvgIpc) is 2.94. The highest BCUT2D eigenvalue weighted by Gasteiger charge is 2.15. The number of aromatic nitrogens is 2. The second-order valence-electron chi connectivity index (χ2n) is 5.98. The van der Waals surface area contributed by atoms with E-state index in [1.165, 1.54) is 6.08 Å². The first kappa shape index (κ1) is 19.7. The summed E-state index contributed by atoms with van der Waals surface area (Å²) < 4.78 is 41.4. The molecule has 0 spiro atoms. The van der Waals surface area contributed by atoms with Crippen LogP contribution in [0.4, 0.5) is 18.9 Å². The third-order valence-electron chi connectivity index (χ3n) is 3.98. The van der Waals surface area contributed by atoms with Crippen molar-refractivity contribution in [2.75, 3.05) is 5.32 Å². The fourth-order valence-electron chi connectivity index (χ4n) is 2.57. The fraction of sp³-hybridized carbons (Fsp3) is 0.100. The largest absolute Gasteiger partial charge is 0.320 e. The highest BCUT2D eigenvalue weighted by molar-refractivity contribution is 6.31. The molecular weight excluding hydrogens is 391 g/mol. The number of rotatable bonds is 5. The molecule has 1 amide bonds. The molecule has 8 heteroatoms. The van der Waals surface area contributed by atoms with Gasteiger partial charge in [-0.1, -0.05) is 41.9 Å². The Bertz CT molecular complexity index is 1050. The van der Waals surface area contributed by atoms with E-state index in [1.54, 1.807) is 11.6 Å². The topological polar surface area (TPSA) is 46.9 Å².